The third kappa shape index (κ3) is 3.25. The Hall–Kier alpha value is -1.03. The highest BCUT2D eigenvalue weighted by molar-refractivity contribution is 9.10. The molecule has 0 aliphatic carbocycles. The van der Waals surface area contributed by atoms with Gasteiger partial charge < -0.3 is 10.6 Å². The molecule has 3 nitrogen and oxygen atoms in total. The summed E-state index contributed by atoms with van der Waals surface area (Å²) in [6.07, 6.45) is 0. The Morgan fingerprint density at radius 1 is 1.39 bits per heavy atom. The van der Waals surface area contributed by atoms with Gasteiger partial charge in [-0.2, -0.15) is 0 Å². The normalized spacial score (nSPS) is 13.2. The van der Waals surface area contributed by atoms with Gasteiger partial charge in [0.2, 0.25) is 0 Å². The summed E-state index contributed by atoms with van der Waals surface area (Å²) in [5, 5.41) is 7.69. The third-order valence-corrected chi connectivity index (χ3v) is 3.96. The topological polar surface area (TPSA) is 53.1 Å². The first kappa shape index (κ1) is 15.0. The first-order valence-corrected chi connectivity index (χ1v) is 6.80. The van der Waals surface area contributed by atoms with E-state index in [2.05, 4.69) is 48.5 Å². The lowest BCUT2D eigenvalue weighted by Crippen LogP contribution is -2.40. The maximum atomic E-state index is 7.69. The minimum atomic E-state index is 0.0965. The minimum absolute atomic E-state index is 0.0965. The highest BCUT2D eigenvalue weighted by Crippen LogP contribution is 2.30. The molecule has 0 aliphatic heterocycles. The maximum absolute atomic E-state index is 7.69. The van der Waals surface area contributed by atoms with Crippen molar-refractivity contribution in [3.05, 3.63) is 28.2 Å². The van der Waals surface area contributed by atoms with Crippen molar-refractivity contribution in [1.29, 1.82) is 5.41 Å². The predicted octanol–water partition coefficient (Wildman–Crippen LogP) is 3.60. The average Bonchev–Trinajstić information content (AvgIpc) is 2.25. The summed E-state index contributed by atoms with van der Waals surface area (Å²) in [7, 11) is 2.05. The molecule has 0 amide bonds. The molecule has 1 aromatic carbocycles. The predicted molar refractivity (Wildman–Crippen MR) is 82.5 cm³/mol. The summed E-state index contributed by atoms with van der Waals surface area (Å²) < 4.78 is 0.938. The van der Waals surface area contributed by atoms with Crippen LogP contribution in [0.15, 0.2) is 22.7 Å². The molecular weight excluding hydrogens is 290 g/mol. The van der Waals surface area contributed by atoms with Gasteiger partial charge in [0.05, 0.1) is 0 Å². The van der Waals surface area contributed by atoms with Crippen LogP contribution in [0.3, 0.4) is 0 Å². The molecule has 1 unspecified atom stereocenters. The molecule has 18 heavy (non-hydrogen) atoms. The van der Waals surface area contributed by atoms with Gasteiger partial charge in [0.25, 0.3) is 0 Å². The summed E-state index contributed by atoms with van der Waals surface area (Å²) in [5.41, 5.74) is 7.59. The van der Waals surface area contributed by atoms with Gasteiger partial charge >= 0.3 is 0 Å². The van der Waals surface area contributed by atoms with Crippen LogP contribution < -0.4 is 10.6 Å². The van der Waals surface area contributed by atoms with Crippen molar-refractivity contribution >= 4 is 27.5 Å². The molecule has 4 heteroatoms. The number of nitrogen functional groups attached to an aromatic ring is 1. The fourth-order valence-corrected chi connectivity index (χ4v) is 2.18. The number of anilines is 1. The molecule has 100 valence electrons. The number of hydrogen-bond acceptors (Lipinski definition) is 2. The second-order valence-electron chi connectivity index (χ2n) is 5.73. The molecule has 3 N–H and O–H groups in total. The lowest BCUT2D eigenvalue weighted by Gasteiger charge is -2.37. The lowest BCUT2D eigenvalue weighted by atomic mass is 9.86. The van der Waals surface area contributed by atoms with Crippen LogP contribution in [0.2, 0.25) is 0 Å². The zero-order valence-corrected chi connectivity index (χ0v) is 13.3. The van der Waals surface area contributed by atoms with Crippen LogP contribution in [0, 0.1) is 10.8 Å². The van der Waals surface area contributed by atoms with Crippen LogP contribution in [-0.4, -0.2) is 18.9 Å². The zero-order valence-electron chi connectivity index (χ0n) is 11.7. The molecule has 0 aromatic heterocycles. The first-order chi connectivity index (χ1) is 8.14. The molecule has 0 aliphatic rings. The highest BCUT2D eigenvalue weighted by atomic mass is 79.9. The Morgan fingerprint density at radius 3 is 2.39 bits per heavy atom. The smallest absolute Gasteiger partial charge is 0.124 e. The van der Waals surface area contributed by atoms with Crippen LogP contribution in [-0.2, 0) is 0 Å². The molecule has 0 spiro atoms. The summed E-state index contributed by atoms with van der Waals surface area (Å²) in [6, 6.07) is 6.22. The number of benzene rings is 1. The largest absolute Gasteiger partial charge is 0.384 e. The number of nitrogens with two attached hydrogens (primary N) is 1. The lowest BCUT2D eigenvalue weighted by molar-refractivity contribution is 0.329. The Labute approximate surface area is 118 Å². The van der Waals surface area contributed by atoms with Crippen LogP contribution in [0.5, 0.6) is 0 Å². The second kappa shape index (κ2) is 5.31. The van der Waals surface area contributed by atoms with Gasteiger partial charge in [-0.15, -0.1) is 0 Å². The average molecular weight is 312 g/mol. The Bertz CT molecular complexity index is 449. The van der Waals surface area contributed by atoms with Crippen molar-refractivity contribution in [2.24, 2.45) is 11.1 Å². The van der Waals surface area contributed by atoms with E-state index in [1.165, 1.54) is 0 Å². The van der Waals surface area contributed by atoms with Gasteiger partial charge in [-0.3, -0.25) is 5.41 Å². The van der Waals surface area contributed by atoms with E-state index in [1.54, 1.807) is 0 Å². The van der Waals surface area contributed by atoms with E-state index in [-0.39, 0.29) is 11.3 Å². The summed E-state index contributed by atoms with van der Waals surface area (Å²) in [4.78, 5) is 2.18. The molecule has 1 atom stereocenters. The molecule has 0 fully saturated rings. The Kier molecular flexibility index (Phi) is 4.43. The summed E-state index contributed by atoms with van der Waals surface area (Å²) in [6.45, 7) is 8.81. The van der Waals surface area contributed by atoms with Crippen molar-refractivity contribution in [3.63, 3.8) is 0 Å². The van der Waals surface area contributed by atoms with Crippen molar-refractivity contribution in [3.8, 4) is 0 Å². The van der Waals surface area contributed by atoms with Crippen LogP contribution in [0.4, 0.5) is 5.69 Å². The van der Waals surface area contributed by atoms with Gasteiger partial charge in [-0.1, -0.05) is 36.7 Å². The number of hydrogen-bond donors (Lipinski definition) is 2. The second-order valence-corrected chi connectivity index (χ2v) is 6.64. The molecular formula is C14H22BrN3. The van der Waals surface area contributed by atoms with Crippen molar-refractivity contribution in [2.75, 3.05) is 11.9 Å². The molecule has 0 saturated carbocycles. The van der Waals surface area contributed by atoms with Gasteiger partial charge in [-0.25, -0.2) is 0 Å². The number of amidine groups is 1. The van der Waals surface area contributed by atoms with Gasteiger partial charge in [0.1, 0.15) is 5.84 Å². The maximum Gasteiger partial charge on any atom is 0.124 e. The third-order valence-electron chi connectivity index (χ3n) is 3.46. The molecule has 0 saturated heterocycles. The standard InChI is InChI=1S/C14H22BrN3/c1-9(14(2,3)4)18(5)12-7-6-10(15)8-11(12)13(16)17/h6-9H,1-5H3,(H3,16,17). The van der Waals surface area contributed by atoms with E-state index in [1.807, 2.05) is 25.2 Å². The quantitative estimate of drug-likeness (QED) is 0.662. The van der Waals surface area contributed by atoms with E-state index in [0.717, 1.165) is 15.7 Å². The molecule has 0 radical (unpaired) electrons. The van der Waals surface area contributed by atoms with E-state index >= 15 is 0 Å². The number of nitrogens with zero attached hydrogens (tertiary/aromatic N) is 1. The van der Waals surface area contributed by atoms with E-state index in [4.69, 9.17) is 11.1 Å². The van der Waals surface area contributed by atoms with Gasteiger partial charge in [-0.05, 0) is 30.5 Å². The van der Waals surface area contributed by atoms with E-state index in [9.17, 15) is 0 Å². The van der Waals surface area contributed by atoms with E-state index in [0.29, 0.717) is 6.04 Å². The summed E-state index contributed by atoms with van der Waals surface area (Å²) in [5.74, 6) is 0.0965. The van der Waals surface area contributed by atoms with Crippen molar-refractivity contribution in [2.45, 2.75) is 33.7 Å². The SMILES string of the molecule is CC(N(C)c1ccc(Br)cc1C(=N)N)C(C)(C)C. The number of halogens is 1. The van der Waals surface area contributed by atoms with Crippen LogP contribution in [0.1, 0.15) is 33.3 Å². The van der Waals surface area contributed by atoms with Gasteiger partial charge in [0.15, 0.2) is 0 Å². The summed E-state index contributed by atoms with van der Waals surface area (Å²) >= 11 is 3.42. The zero-order chi connectivity index (χ0) is 14.1. The Balaban J connectivity index is 3.21. The number of rotatable bonds is 3. The van der Waals surface area contributed by atoms with Crippen LogP contribution >= 0.6 is 15.9 Å². The molecule has 1 aromatic rings. The molecule has 1 rings (SSSR count). The molecule has 0 bridgehead atoms. The Morgan fingerprint density at radius 2 is 1.94 bits per heavy atom. The van der Waals surface area contributed by atoms with Crippen molar-refractivity contribution < 1.29 is 0 Å². The van der Waals surface area contributed by atoms with Crippen LogP contribution in [0.25, 0.3) is 0 Å². The van der Waals surface area contributed by atoms with E-state index < -0.39 is 0 Å². The fourth-order valence-electron chi connectivity index (χ4n) is 1.82. The highest BCUT2D eigenvalue weighted by Gasteiger charge is 2.25. The minimum Gasteiger partial charge on any atom is -0.384 e. The molecule has 0 heterocycles. The van der Waals surface area contributed by atoms with Crippen molar-refractivity contribution in [1.82, 2.24) is 0 Å². The fraction of sp³-hybridized carbons (Fsp3) is 0.500. The monoisotopic (exact) mass is 311 g/mol. The first-order valence-electron chi connectivity index (χ1n) is 6.01. The van der Waals surface area contributed by atoms with Gasteiger partial charge in [0, 0.05) is 28.8 Å². The number of nitrogens with one attached hydrogen (secondary N) is 1.